The summed E-state index contributed by atoms with van der Waals surface area (Å²) >= 11 is 0. The average molecular weight is 136 g/mol. The zero-order valence-electron chi connectivity index (χ0n) is 7.36. The zero-order valence-corrected chi connectivity index (χ0v) is 7.36. The minimum absolute atomic E-state index is 0. The Morgan fingerprint density at radius 1 is 0.400 bits per heavy atom. The maximum atomic E-state index is 1.50. The molecular weight excluding hydrogens is 117 g/mol. The number of rotatable bonds is 0. The van der Waals surface area contributed by atoms with Crippen molar-refractivity contribution in [2.45, 2.75) is 51.4 Å². The molecule has 1 fully saturated rings. The van der Waals surface area contributed by atoms with E-state index in [-0.39, 0.29) is 25.0 Å². The van der Waals surface area contributed by atoms with Crippen LogP contribution in [0.3, 0.4) is 0 Å². The summed E-state index contributed by atoms with van der Waals surface area (Å²) in [5.41, 5.74) is 0. The van der Waals surface area contributed by atoms with Crippen molar-refractivity contribution in [3.63, 3.8) is 0 Å². The molecule has 57 valence electrons. The van der Waals surface area contributed by atoms with E-state index in [1.54, 1.807) is 0 Å². The molecule has 0 amide bonds. The summed E-state index contributed by atoms with van der Waals surface area (Å²) < 4.78 is 0. The second-order valence-corrected chi connectivity index (χ2v) is 2.83. The average Bonchev–Trinajstić information content (AvgIpc) is 1.62. The largest absolute Gasteiger partial charge is 0.344 e. The van der Waals surface area contributed by atoms with E-state index in [1.165, 1.54) is 51.4 Å². The third-order valence-electron chi connectivity index (χ3n) is 2.00. The molecule has 1 radical (unpaired) electrons. The van der Waals surface area contributed by atoms with Crippen LogP contribution in [0, 0.1) is 0 Å². The maximum absolute atomic E-state index is 1.50. The van der Waals surface area contributed by atoms with Gasteiger partial charge in [0.15, 0.2) is 0 Å². The molecule has 1 rings (SSSR count). The predicted molar refractivity (Wildman–Crippen MR) is 47.7 cm³/mol. The summed E-state index contributed by atoms with van der Waals surface area (Å²) in [6.07, 6.45) is 12.0. The molecule has 2 heteroatoms. The van der Waals surface area contributed by atoms with Crippen LogP contribution in [0.15, 0.2) is 0 Å². The first-order valence-electron chi connectivity index (χ1n) is 4.00. The van der Waals surface area contributed by atoms with Crippen LogP contribution < -0.4 is 6.15 Å². The molecule has 1 aliphatic rings. The fourth-order valence-electron chi connectivity index (χ4n) is 1.41. The van der Waals surface area contributed by atoms with Gasteiger partial charge in [0.25, 0.3) is 0 Å². The van der Waals surface area contributed by atoms with Crippen LogP contribution in [0.5, 0.6) is 0 Å². The SMILES string of the molecule is C1CCCCCCC1.N.[Li]. The van der Waals surface area contributed by atoms with Crippen molar-refractivity contribution in [3.8, 4) is 0 Å². The van der Waals surface area contributed by atoms with Crippen LogP contribution in [0.1, 0.15) is 51.4 Å². The van der Waals surface area contributed by atoms with Gasteiger partial charge in [0.1, 0.15) is 0 Å². The fourth-order valence-corrected chi connectivity index (χ4v) is 1.41. The van der Waals surface area contributed by atoms with E-state index in [1.807, 2.05) is 0 Å². The van der Waals surface area contributed by atoms with E-state index < -0.39 is 0 Å². The van der Waals surface area contributed by atoms with Gasteiger partial charge in [-0.25, -0.2) is 0 Å². The van der Waals surface area contributed by atoms with Crippen molar-refractivity contribution in [1.29, 1.82) is 0 Å². The van der Waals surface area contributed by atoms with Crippen molar-refractivity contribution in [1.82, 2.24) is 6.15 Å². The topological polar surface area (TPSA) is 35.0 Å². The Bertz CT molecular complexity index is 33.2. The molecule has 0 unspecified atom stereocenters. The van der Waals surface area contributed by atoms with Gasteiger partial charge in [-0.2, -0.15) is 0 Å². The summed E-state index contributed by atoms with van der Waals surface area (Å²) in [6.45, 7) is 0. The van der Waals surface area contributed by atoms with Crippen molar-refractivity contribution in [2.75, 3.05) is 0 Å². The van der Waals surface area contributed by atoms with Crippen molar-refractivity contribution < 1.29 is 0 Å². The van der Waals surface area contributed by atoms with Gasteiger partial charge in [-0.05, 0) is 0 Å². The Hall–Kier alpha value is 0.557. The molecule has 1 aliphatic carbocycles. The van der Waals surface area contributed by atoms with E-state index >= 15 is 0 Å². The molecular formula is C8H19LiN. The smallest absolute Gasteiger partial charge is 0 e. The van der Waals surface area contributed by atoms with Gasteiger partial charge < -0.3 is 6.15 Å². The molecule has 0 aromatic carbocycles. The summed E-state index contributed by atoms with van der Waals surface area (Å²) in [5.74, 6) is 0. The first-order valence-corrected chi connectivity index (χ1v) is 4.00. The fraction of sp³-hybridized carbons (Fsp3) is 1.00. The molecule has 0 spiro atoms. The Labute approximate surface area is 76.7 Å². The van der Waals surface area contributed by atoms with E-state index in [0.29, 0.717) is 0 Å². The number of hydrogen-bond acceptors (Lipinski definition) is 1. The standard InChI is InChI=1S/C8H16.Li.H3N/c1-2-4-6-8-7-5-3-1;;/h1-8H2;;1H3. The maximum Gasteiger partial charge on any atom is 0 e. The van der Waals surface area contributed by atoms with E-state index in [9.17, 15) is 0 Å². The second kappa shape index (κ2) is 9.56. The van der Waals surface area contributed by atoms with Gasteiger partial charge in [0, 0.05) is 18.9 Å². The molecule has 10 heavy (non-hydrogen) atoms. The predicted octanol–water partition coefficient (Wildman–Crippen LogP) is 2.90. The Morgan fingerprint density at radius 3 is 0.600 bits per heavy atom. The van der Waals surface area contributed by atoms with E-state index in [2.05, 4.69) is 0 Å². The normalized spacial score (nSPS) is 19.2. The third kappa shape index (κ3) is 6.67. The zero-order chi connectivity index (χ0) is 5.66. The summed E-state index contributed by atoms with van der Waals surface area (Å²) in [5, 5.41) is 0. The third-order valence-corrected chi connectivity index (χ3v) is 2.00. The summed E-state index contributed by atoms with van der Waals surface area (Å²) in [7, 11) is 0. The minimum Gasteiger partial charge on any atom is -0.344 e. The molecule has 0 bridgehead atoms. The van der Waals surface area contributed by atoms with Crippen LogP contribution in [0.4, 0.5) is 0 Å². The van der Waals surface area contributed by atoms with Crippen molar-refractivity contribution in [3.05, 3.63) is 0 Å². The Morgan fingerprint density at radius 2 is 0.500 bits per heavy atom. The van der Waals surface area contributed by atoms with Gasteiger partial charge in [-0.1, -0.05) is 51.4 Å². The van der Waals surface area contributed by atoms with Crippen molar-refractivity contribution >= 4 is 18.9 Å². The molecule has 3 N–H and O–H groups in total. The van der Waals surface area contributed by atoms with Crippen LogP contribution in [-0.4, -0.2) is 18.9 Å². The number of hydrogen-bond donors (Lipinski definition) is 1. The Kier molecular flexibility index (Phi) is 12.6. The summed E-state index contributed by atoms with van der Waals surface area (Å²) in [6, 6.07) is 0. The van der Waals surface area contributed by atoms with Crippen LogP contribution in [-0.2, 0) is 0 Å². The first kappa shape index (κ1) is 13.2. The summed E-state index contributed by atoms with van der Waals surface area (Å²) in [4.78, 5) is 0. The minimum atomic E-state index is 0. The van der Waals surface area contributed by atoms with Gasteiger partial charge in [0.2, 0.25) is 0 Å². The van der Waals surface area contributed by atoms with E-state index in [4.69, 9.17) is 0 Å². The van der Waals surface area contributed by atoms with Crippen molar-refractivity contribution in [2.24, 2.45) is 0 Å². The quantitative estimate of drug-likeness (QED) is 0.510. The molecule has 0 aromatic rings. The second-order valence-electron chi connectivity index (χ2n) is 2.83. The molecule has 0 aromatic heterocycles. The molecule has 1 saturated carbocycles. The van der Waals surface area contributed by atoms with Crippen LogP contribution >= 0.6 is 0 Å². The van der Waals surface area contributed by atoms with E-state index in [0.717, 1.165) is 0 Å². The Balaban J connectivity index is 0. The molecule has 0 saturated heterocycles. The van der Waals surface area contributed by atoms with Gasteiger partial charge in [0.05, 0.1) is 0 Å². The van der Waals surface area contributed by atoms with Gasteiger partial charge in [-0.3, -0.25) is 0 Å². The van der Waals surface area contributed by atoms with Crippen LogP contribution in [0.2, 0.25) is 0 Å². The molecule has 0 atom stereocenters. The molecule has 1 nitrogen and oxygen atoms in total. The van der Waals surface area contributed by atoms with Gasteiger partial charge in [-0.15, -0.1) is 0 Å². The van der Waals surface area contributed by atoms with Crippen LogP contribution in [0.25, 0.3) is 0 Å². The first-order chi connectivity index (χ1) is 4.00. The monoisotopic (exact) mass is 136 g/mol. The molecule has 0 heterocycles. The molecule has 0 aliphatic heterocycles. The van der Waals surface area contributed by atoms with Gasteiger partial charge >= 0.3 is 0 Å².